The highest BCUT2D eigenvalue weighted by atomic mass is 19.1. The molecule has 0 aromatic heterocycles. The van der Waals surface area contributed by atoms with Crippen LogP contribution in [0.4, 0.5) is 20.2 Å². The van der Waals surface area contributed by atoms with Gasteiger partial charge in [0.1, 0.15) is 11.6 Å². The summed E-state index contributed by atoms with van der Waals surface area (Å²) in [4.78, 5) is 14.1. The molecule has 0 N–H and O–H groups in total. The van der Waals surface area contributed by atoms with Gasteiger partial charge in [-0.2, -0.15) is 0 Å². The van der Waals surface area contributed by atoms with Crippen molar-refractivity contribution >= 4 is 17.3 Å². The van der Waals surface area contributed by atoms with Crippen LogP contribution in [0.3, 0.4) is 0 Å². The number of anilines is 2. The van der Waals surface area contributed by atoms with E-state index < -0.39 is 11.6 Å². The highest BCUT2D eigenvalue weighted by Gasteiger charge is 2.21. The lowest BCUT2D eigenvalue weighted by atomic mass is 10.1. The number of hydrogen-bond acceptors (Lipinski definition) is 1. The first-order chi connectivity index (χ1) is 11.6. The molecule has 0 bridgehead atoms. The van der Waals surface area contributed by atoms with E-state index in [1.54, 1.807) is 12.1 Å². The molecule has 0 unspecified atom stereocenters. The van der Waals surface area contributed by atoms with Crippen LogP contribution in [0.25, 0.3) is 0 Å². The summed E-state index contributed by atoms with van der Waals surface area (Å²) in [6.07, 6.45) is 0.118. The van der Waals surface area contributed by atoms with Gasteiger partial charge in [0.05, 0.1) is 12.1 Å². The van der Waals surface area contributed by atoms with Gasteiger partial charge in [0.15, 0.2) is 0 Å². The normalized spacial score (nSPS) is 10.4. The van der Waals surface area contributed by atoms with Crippen LogP contribution in [0.5, 0.6) is 0 Å². The molecule has 0 heterocycles. The van der Waals surface area contributed by atoms with Gasteiger partial charge in [-0.05, 0) is 42.0 Å². The van der Waals surface area contributed by atoms with Crippen molar-refractivity contribution in [1.82, 2.24) is 0 Å². The summed E-state index contributed by atoms with van der Waals surface area (Å²) in [5, 5.41) is 0. The molecule has 120 valence electrons. The summed E-state index contributed by atoms with van der Waals surface area (Å²) in [6, 6.07) is 20.7. The Morgan fingerprint density at radius 3 is 2.08 bits per heavy atom. The standard InChI is InChI=1S/C20H15F2NO/c21-16-10-12-17(13-11-16)23(19-9-5-4-8-18(19)22)20(24)14-15-6-2-1-3-7-15/h1-13H,14H2. The van der Waals surface area contributed by atoms with E-state index in [2.05, 4.69) is 0 Å². The van der Waals surface area contributed by atoms with Crippen LogP contribution in [0.1, 0.15) is 5.56 Å². The van der Waals surface area contributed by atoms with E-state index in [0.717, 1.165) is 5.56 Å². The average Bonchev–Trinajstić information content (AvgIpc) is 2.59. The number of hydrogen-bond donors (Lipinski definition) is 0. The van der Waals surface area contributed by atoms with Gasteiger partial charge >= 0.3 is 0 Å². The van der Waals surface area contributed by atoms with E-state index in [1.807, 2.05) is 30.3 Å². The minimum atomic E-state index is -0.511. The van der Waals surface area contributed by atoms with Crippen molar-refractivity contribution < 1.29 is 13.6 Å². The number of carbonyl (C=O) groups excluding carboxylic acids is 1. The third kappa shape index (κ3) is 3.49. The van der Waals surface area contributed by atoms with Gasteiger partial charge in [-0.15, -0.1) is 0 Å². The molecule has 3 aromatic carbocycles. The zero-order valence-corrected chi connectivity index (χ0v) is 12.8. The van der Waals surface area contributed by atoms with Crippen LogP contribution >= 0.6 is 0 Å². The fourth-order valence-corrected chi connectivity index (χ4v) is 2.49. The van der Waals surface area contributed by atoms with Gasteiger partial charge in [-0.1, -0.05) is 42.5 Å². The summed E-state index contributed by atoms with van der Waals surface area (Å²) in [5.74, 6) is -1.22. The molecular weight excluding hydrogens is 308 g/mol. The number of rotatable bonds is 4. The fourth-order valence-electron chi connectivity index (χ4n) is 2.49. The predicted octanol–water partition coefficient (Wildman–Crippen LogP) is 4.87. The molecule has 3 rings (SSSR count). The van der Waals surface area contributed by atoms with E-state index in [-0.39, 0.29) is 18.0 Å². The zero-order valence-electron chi connectivity index (χ0n) is 12.8. The predicted molar refractivity (Wildman–Crippen MR) is 90.1 cm³/mol. The zero-order chi connectivity index (χ0) is 16.9. The molecule has 0 saturated heterocycles. The maximum atomic E-state index is 14.2. The Morgan fingerprint density at radius 2 is 1.42 bits per heavy atom. The highest BCUT2D eigenvalue weighted by Crippen LogP contribution is 2.29. The van der Waals surface area contributed by atoms with Gasteiger partial charge in [-0.3, -0.25) is 9.69 Å². The van der Waals surface area contributed by atoms with Crippen LogP contribution in [0.2, 0.25) is 0 Å². The van der Waals surface area contributed by atoms with Gasteiger partial charge < -0.3 is 0 Å². The van der Waals surface area contributed by atoms with Crippen molar-refractivity contribution in [2.24, 2.45) is 0 Å². The van der Waals surface area contributed by atoms with Gasteiger partial charge in [0, 0.05) is 5.69 Å². The van der Waals surface area contributed by atoms with Gasteiger partial charge in [-0.25, -0.2) is 8.78 Å². The molecule has 0 spiro atoms. The third-order valence-corrected chi connectivity index (χ3v) is 3.63. The van der Waals surface area contributed by atoms with Crippen LogP contribution in [-0.4, -0.2) is 5.91 Å². The van der Waals surface area contributed by atoms with Crippen LogP contribution in [0.15, 0.2) is 78.9 Å². The Labute approximate surface area is 139 Å². The Hall–Kier alpha value is -3.01. The second kappa shape index (κ2) is 7.04. The Kier molecular flexibility index (Phi) is 4.66. The molecule has 0 radical (unpaired) electrons. The second-order valence-electron chi connectivity index (χ2n) is 5.32. The topological polar surface area (TPSA) is 20.3 Å². The van der Waals surface area contributed by atoms with E-state index in [4.69, 9.17) is 0 Å². The monoisotopic (exact) mass is 323 g/mol. The summed E-state index contributed by atoms with van der Waals surface area (Å²) in [7, 11) is 0. The lowest BCUT2D eigenvalue weighted by molar-refractivity contribution is -0.117. The van der Waals surface area contributed by atoms with Crippen molar-refractivity contribution in [2.75, 3.05) is 4.90 Å². The number of para-hydroxylation sites is 1. The first-order valence-electron chi connectivity index (χ1n) is 7.52. The number of nitrogens with zero attached hydrogens (tertiary/aromatic N) is 1. The summed E-state index contributed by atoms with van der Waals surface area (Å²) in [5.41, 5.74) is 1.39. The molecule has 1 amide bonds. The molecule has 3 aromatic rings. The van der Waals surface area contributed by atoms with Crippen molar-refractivity contribution in [3.8, 4) is 0 Å². The SMILES string of the molecule is O=C(Cc1ccccc1)N(c1ccc(F)cc1)c1ccccc1F. The van der Waals surface area contributed by atoms with Crippen LogP contribution in [0, 0.1) is 11.6 Å². The summed E-state index contributed by atoms with van der Waals surface area (Å²) >= 11 is 0. The molecular formula is C20H15F2NO. The van der Waals surface area contributed by atoms with Crippen LogP contribution in [-0.2, 0) is 11.2 Å². The lowest BCUT2D eigenvalue weighted by Crippen LogP contribution is -2.28. The Morgan fingerprint density at radius 1 is 0.792 bits per heavy atom. The molecule has 0 aliphatic rings. The van der Waals surface area contributed by atoms with Gasteiger partial charge in [0.25, 0.3) is 0 Å². The molecule has 0 aliphatic carbocycles. The fraction of sp³-hybridized carbons (Fsp3) is 0.0500. The van der Waals surface area contributed by atoms with E-state index >= 15 is 0 Å². The molecule has 2 nitrogen and oxygen atoms in total. The van der Waals surface area contributed by atoms with E-state index in [1.165, 1.54) is 41.3 Å². The Balaban J connectivity index is 2.00. The number of halogens is 2. The molecule has 0 saturated carbocycles. The van der Waals surface area contributed by atoms with Crippen molar-refractivity contribution in [3.63, 3.8) is 0 Å². The third-order valence-electron chi connectivity index (χ3n) is 3.63. The number of amides is 1. The highest BCUT2D eigenvalue weighted by molar-refractivity contribution is 6.01. The maximum absolute atomic E-state index is 14.2. The van der Waals surface area contributed by atoms with Crippen molar-refractivity contribution in [3.05, 3.63) is 96.1 Å². The second-order valence-corrected chi connectivity index (χ2v) is 5.32. The number of benzene rings is 3. The molecule has 0 aliphatic heterocycles. The Bertz CT molecular complexity index is 832. The number of carbonyl (C=O) groups is 1. The summed E-state index contributed by atoms with van der Waals surface area (Å²) < 4.78 is 27.4. The molecule has 24 heavy (non-hydrogen) atoms. The molecule has 0 atom stereocenters. The summed E-state index contributed by atoms with van der Waals surface area (Å²) in [6.45, 7) is 0. The molecule has 4 heteroatoms. The van der Waals surface area contributed by atoms with E-state index in [0.29, 0.717) is 5.69 Å². The first kappa shape index (κ1) is 15.9. The van der Waals surface area contributed by atoms with Crippen molar-refractivity contribution in [2.45, 2.75) is 6.42 Å². The van der Waals surface area contributed by atoms with E-state index in [9.17, 15) is 13.6 Å². The average molecular weight is 323 g/mol. The first-order valence-corrected chi connectivity index (χ1v) is 7.52. The largest absolute Gasteiger partial charge is 0.278 e. The minimum absolute atomic E-state index is 0.118. The van der Waals surface area contributed by atoms with Crippen LogP contribution < -0.4 is 4.90 Å². The minimum Gasteiger partial charge on any atom is -0.278 e. The lowest BCUT2D eigenvalue weighted by Gasteiger charge is -2.23. The molecule has 0 fully saturated rings. The smallest absolute Gasteiger partial charge is 0.236 e. The quantitative estimate of drug-likeness (QED) is 0.670. The van der Waals surface area contributed by atoms with Crippen molar-refractivity contribution in [1.29, 1.82) is 0 Å². The van der Waals surface area contributed by atoms with Gasteiger partial charge in [0.2, 0.25) is 5.91 Å². The maximum Gasteiger partial charge on any atom is 0.236 e.